The summed E-state index contributed by atoms with van der Waals surface area (Å²) in [7, 11) is 0. The van der Waals surface area contributed by atoms with Crippen molar-refractivity contribution in [3.05, 3.63) is 16.1 Å². The van der Waals surface area contributed by atoms with Gasteiger partial charge in [-0.3, -0.25) is 0 Å². The molecule has 1 saturated carbocycles. The standard InChI is InChI=1S/C11H18N2S/c1-2-12-7-10-8-13-11(14-10)9-5-3-4-6-9/h8-9,12H,2-7H2,1H3. The maximum absolute atomic E-state index is 4.53. The van der Waals surface area contributed by atoms with E-state index in [4.69, 9.17) is 0 Å². The fraction of sp³-hybridized carbons (Fsp3) is 0.727. The molecule has 0 atom stereocenters. The second-order valence-electron chi connectivity index (χ2n) is 3.93. The molecule has 0 aromatic carbocycles. The summed E-state index contributed by atoms with van der Waals surface area (Å²) in [6, 6.07) is 0. The number of nitrogens with one attached hydrogen (secondary N) is 1. The lowest BCUT2D eigenvalue weighted by Gasteiger charge is -2.02. The van der Waals surface area contributed by atoms with Gasteiger partial charge in [-0.1, -0.05) is 19.8 Å². The van der Waals surface area contributed by atoms with E-state index in [1.807, 2.05) is 17.5 Å². The minimum atomic E-state index is 0.773. The van der Waals surface area contributed by atoms with E-state index >= 15 is 0 Å². The maximum atomic E-state index is 4.53. The van der Waals surface area contributed by atoms with Crippen molar-refractivity contribution >= 4 is 11.3 Å². The van der Waals surface area contributed by atoms with E-state index < -0.39 is 0 Å². The fourth-order valence-corrected chi connectivity index (χ4v) is 3.07. The Kier molecular flexibility index (Phi) is 3.54. The lowest BCUT2D eigenvalue weighted by molar-refractivity contribution is 0.716. The van der Waals surface area contributed by atoms with Crippen molar-refractivity contribution in [1.29, 1.82) is 0 Å². The molecule has 1 aromatic heterocycles. The van der Waals surface area contributed by atoms with Crippen molar-refractivity contribution in [3.8, 4) is 0 Å². The molecule has 0 radical (unpaired) electrons. The van der Waals surface area contributed by atoms with Gasteiger partial charge in [0.15, 0.2) is 0 Å². The maximum Gasteiger partial charge on any atom is 0.0959 e. The normalized spacial score (nSPS) is 17.8. The van der Waals surface area contributed by atoms with Gasteiger partial charge in [-0.05, 0) is 19.4 Å². The summed E-state index contributed by atoms with van der Waals surface area (Å²) < 4.78 is 0. The van der Waals surface area contributed by atoms with Gasteiger partial charge in [-0.25, -0.2) is 4.98 Å². The molecule has 0 amide bonds. The second kappa shape index (κ2) is 4.89. The van der Waals surface area contributed by atoms with Crippen LogP contribution in [0.1, 0.15) is 48.4 Å². The molecule has 2 rings (SSSR count). The van der Waals surface area contributed by atoms with Crippen molar-refractivity contribution in [1.82, 2.24) is 10.3 Å². The molecule has 0 saturated heterocycles. The number of thiazole rings is 1. The van der Waals surface area contributed by atoms with Crippen molar-refractivity contribution in [2.24, 2.45) is 0 Å². The SMILES string of the molecule is CCNCc1cnc(C2CCCC2)s1. The molecular weight excluding hydrogens is 192 g/mol. The van der Waals surface area contributed by atoms with E-state index in [-0.39, 0.29) is 0 Å². The Morgan fingerprint density at radius 2 is 2.29 bits per heavy atom. The molecule has 0 spiro atoms. The summed E-state index contributed by atoms with van der Waals surface area (Å²) in [6.45, 7) is 4.16. The van der Waals surface area contributed by atoms with Crippen molar-refractivity contribution < 1.29 is 0 Å². The van der Waals surface area contributed by atoms with E-state index in [9.17, 15) is 0 Å². The molecule has 2 nitrogen and oxygen atoms in total. The Labute approximate surface area is 89.8 Å². The van der Waals surface area contributed by atoms with E-state index in [1.54, 1.807) is 0 Å². The van der Waals surface area contributed by atoms with Crippen LogP contribution in [0.4, 0.5) is 0 Å². The summed E-state index contributed by atoms with van der Waals surface area (Å²) in [5, 5.41) is 4.71. The van der Waals surface area contributed by atoms with Gasteiger partial charge in [0.05, 0.1) is 5.01 Å². The Morgan fingerprint density at radius 3 is 3.00 bits per heavy atom. The Morgan fingerprint density at radius 1 is 1.50 bits per heavy atom. The minimum Gasteiger partial charge on any atom is -0.312 e. The third-order valence-electron chi connectivity index (χ3n) is 2.83. The fourth-order valence-electron chi connectivity index (χ4n) is 2.01. The number of hydrogen-bond acceptors (Lipinski definition) is 3. The summed E-state index contributed by atoms with van der Waals surface area (Å²) in [5.74, 6) is 0.773. The summed E-state index contributed by atoms with van der Waals surface area (Å²) in [4.78, 5) is 5.91. The van der Waals surface area contributed by atoms with Crippen LogP contribution < -0.4 is 5.32 Å². The van der Waals surface area contributed by atoms with Crippen molar-refractivity contribution in [2.45, 2.75) is 45.1 Å². The van der Waals surface area contributed by atoms with Crippen LogP contribution in [0.15, 0.2) is 6.20 Å². The number of nitrogens with zero attached hydrogens (tertiary/aromatic N) is 1. The molecule has 0 aliphatic heterocycles. The smallest absolute Gasteiger partial charge is 0.0959 e. The third kappa shape index (κ3) is 2.34. The molecule has 1 heterocycles. The van der Waals surface area contributed by atoms with Gasteiger partial charge in [0, 0.05) is 23.5 Å². The van der Waals surface area contributed by atoms with Gasteiger partial charge < -0.3 is 5.32 Å². The zero-order valence-corrected chi connectivity index (χ0v) is 9.57. The molecule has 1 N–H and O–H groups in total. The molecule has 1 aliphatic carbocycles. The first kappa shape index (κ1) is 10.1. The topological polar surface area (TPSA) is 24.9 Å². The highest BCUT2D eigenvalue weighted by molar-refractivity contribution is 7.11. The first-order valence-corrected chi connectivity index (χ1v) is 6.37. The lowest BCUT2D eigenvalue weighted by atomic mass is 10.1. The van der Waals surface area contributed by atoms with Gasteiger partial charge in [0.25, 0.3) is 0 Å². The number of rotatable bonds is 4. The number of aromatic nitrogens is 1. The minimum absolute atomic E-state index is 0.773. The van der Waals surface area contributed by atoms with Gasteiger partial charge >= 0.3 is 0 Å². The van der Waals surface area contributed by atoms with E-state index in [2.05, 4.69) is 17.2 Å². The van der Waals surface area contributed by atoms with Crippen LogP contribution in [-0.2, 0) is 6.54 Å². The van der Waals surface area contributed by atoms with Gasteiger partial charge in [0.1, 0.15) is 0 Å². The Balaban J connectivity index is 1.94. The van der Waals surface area contributed by atoms with Crippen LogP contribution in [0.3, 0.4) is 0 Å². The summed E-state index contributed by atoms with van der Waals surface area (Å²) in [5.41, 5.74) is 0. The van der Waals surface area contributed by atoms with E-state index in [0.29, 0.717) is 0 Å². The molecule has 1 aromatic rings. The molecule has 3 heteroatoms. The van der Waals surface area contributed by atoms with E-state index in [1.165, 1.54) is 35.6 Å². The predicted octanol–water partition coefficient (Wildman–Crippen LogP) is 2.91. The van der Waals surface area contributed by atoms with Crippen LogP contribution in [0, 0.1) is 0 Å². The van der Waals surface area contributed by atoms with Crippen LogP contribution in [0.5, 0.6) is 0 Å². The zero-order valence-electron chi connectivity index (χ0n) is 8.75. The Bertz CT molecular complexity index is 277. The molecule has 78 valence electrons. The largest absolute Gasteiger partial charge is 0.312 e. The molecule has 1 fully saturated rings. The molecule has 1 aliphatic rings. The van der Waals surface area contributed by atoms with Crippen LogP contribution in [0.25, 0.3) is 0 Å². The summed E-state index contributed by atoms with van der Waals surface area (Å²) >= 11 is 1.90. The van der Waals surface area contributed by atoms with Crippen molar-refractivity contribution in [3.63, 3.8) is 0 Å². The van der Waals surface area contributed by atoms with Gasteiger partial charge in [-0.15, -0.1) is 11.3 Å². The Hall–Kier alpha value is -0.410. The highest BCUT2D eigenvalue weighted by Crippen LogP contribution is 2.35. The second-order valence-corrected chi connectivity index (χ2v) is 5.07. The quantitative estimate of drug-likeness (QED) is 0.826. The van der Waals surface area contributed by atoms with Crippen LogP contribution in [-0.4, -0.2) is 11.5 Å². The zero-order chi connectivity index (χ0) is 9.80. The van der Waals surface area contributed by atoms with Crippen LogP contribution >= 0.6 is 11.3 Å². The third-order valence-corrected chi connectivity index (χ3v) is 3.98. The molecular formula is C11H18N2S. The van der Waals surface area contributed by atoms with Gasteiger partial charge in [0.2, 0.25) is 0 Å². The van der Waals surface area contributed by atoms with Crippen molar-refractivity contribution in [2.75, 3.05) is 6.54 Å². The average molecular weight is 210 g/mol. The highest BCUT2D eigenvalue weighted by Gasteiger charge is 2.19. The first-order valence-electron chi connectivity index (χ1n) is 5.55. The summed E-state index contributed by atoms with van der Waals surface area (Å²) in [6.07, 6.45) is 7.54. The molecule has 0 bridgehead atoms. The number of hydrogen-bond donors (Lipinski definition) is 1. The average Bonchev–Trinajstić information content (AvgIpc) is 2.85. The van der Waals surface area contributed by atoms with E-state index in [0.717, 1.165) is 19.0 Å². The highest BCUT2D eigenvalue weighted by atomic mass is 32.1. The monoisotopic (exact) mass is 210 g/mol. The lowest BCUT2D eigenvalue weighted by Crippen LogP contribution is -2.10. The first-order chi connectivity index (χ1) is 6.90. The molecule has 14 heavy (non-hydrogen) atoms. The molecule has 0 unspecified atom stereocenters. The van der Waals surface area contributed by atoms with Gasteiger partial charge in [-0.2, -0.15) is 0 Å². The predicted molar refractivity (Wildman–Crippen MR) is 60.7 cm³/mol. The van der Waals surface area contributed by atoms with Crippen LogP contribution in [0.2, 0.25) is 0 Å².